The number of thiophene rings is 1. The second kappa shape index (κ2) is 8.91. The zero-order valence-electron chi connectivity index (χ0n) is 16.8. The average molecular weight is 440 g/mol. The molecule has 0 spiro atoms. The van der Waals surface area contributed by atoms with E-state index in [1.807, 2.05) is 18.2 Å². The van der Waals surface area contributed by atoms with Crippen LogP contribution in [0.1, 0.15) is 37.3 Å². The monoisotopic (exact) mass is 439 g/mol. The van der Waals surface area contributed by atoms with Crippen molar-refractivity contribution in [1.29, 1.82) is 0 Å². The molecule has 156 valence electrons. The fraction of sp³-hybridized carbons (Fsp3) is 0.409. The van der Waals surface area contributed by atoms with Crippen LogP contribution in [0.4, 0.5) is 5.69 Å². The van der Waals surface area contributed by atoms with Gasteiger partial charge in [0.15, 0.2) is 11.0 Å². The zero-order chi connectivity index (χ0) is 20.3. The predicted octanol–water partition coefficient (Wildman–Crippen LogP) is 4.67. The SMILES string of the molecule is O=C(CSc1nnc(-c2cccs2)n1C1CC1)Nc1ccc(CN2CCCC2)cc1. The molecule has 0 bridgehead atoms. The van der Waals surface area contributed by atoms with Gasteiger partial charge in [-0.1, -0.05) is 30.0 Å². The minimum Gasteiger partial charge on any atom is -0.325 e. The third kappa shape index (κ3) is 4.61. The summed E-state index contributed by atoms with van der Waals surface area (Å²) in [5.41, 5.74) is 2.14. The molecule has 0 radical (unpaired) electrons. The highest BCUT2D eigenvalue weighted by molar-refractivity contribution is 7.99. The third-order valence-electron chi connectivity index (χ3n) is 5.49. The molecule has 3 heterocycles. The maximum atomic E-state index is 12.5. The molecule has 6 nitrogen and oxygen atoms in total. The molecule has 1 aliphatic carbocycles. The molecule has 0 atom stereocenters. The lowest BCUT2D eigenvalue weighted by molar-refractivity contribution is -0.113. The number of anilines is 1. The van der Waals surface area contributed by atoms with Gasteiger partial charge in [0.25, 0.3) is 0 Å². The van der Waals surface area contributed by atoms with Crippen molar-refractivity contribution in [2.45, 2.75) is 43.4 Å². The van der Waals surface area contributed by atoms with E-state index in [4.69, 9.17) is 0 Å². The van der Waals surface area contributed by atoms with E-state index < -0.39 is 0 Å². The molecule has 0 unspecified atom stereocenters. The van der Waals surface area contributed by atoms with Crippen LogP contribution in [-0.2, 0) is 11.3 Å². The molecule has 2 aromatic heterocycles. The van der Waals surface area contributed by atoms with Crippen LogP contribution in [0, 0.1) is 0 Å². The molecule has 2 fully saturated rings. The Morgan fingerprint density at radius 3 is 2.63 bits per heavy atom. The summed E-state index contributed by atoms with van der Waals surface area (Å²) in [6.45, 7) is 3.37. The van der Waals surface area contributed by atoms with Crippen molar-refractivity contribution in [1.82, 2.24) is 19.7 Å². The highest BCUT2D eigenvalue weighted by Gasteiger charge is 2.30. The molecule has 1 aromatic carbocycles. The summed E-state index contributed by atoms with van der Waals surface area (Å²) in [5.74, 6) is 1.23. The number of hydrogen-bond acceptors (Lipinski definition) is 6. The van der Waals surface area contributed by atoms with Crippen LogP contribution in [0.3, 0.4) is 0 Å². The number of nitrogens with one attached hydrogen (secondary N) is 1. The lowest BCUT2D eigenvalue weighted by Crippen LogP contribution is -2.18. The fourth-order valence-electron chi connectivity index (χ4n) is 3.83. The highest BCUT2D eigenvalue weighted by Crippen LogP contribution is 2.41. The van der Waals surface area contributed by atoms with Crippen molar-refractivity contribution >= 4 is 34.7 Å². The number of amides is 1. The zero-order valence-corrected chi connectivity index (χ0v) is 18.4. The molecule has 8 heteroatoms. The Balaban J connectivity index is 1.18. The molecule has 1 aliphatic heterocycles. The Hall–Kier alpha value is -2.16. The predicted molar refractivity (Wildman–Crippen MR) is 122 cm³/mol. The van der Waals surface area contributed by atoms with E-state index >= 15 is 0 Å². The number of nitrogens with zero attached hydrogens (tertiary/aromatic N) is 4. The summed E-state index contributed by atoms with van der Waals surface area (Å²) in [5, 5.41) is 14.7. The van der Waals surface area contributed by atoms with Crippen molar-refractivity contribution in [3.63, 3.8) is 0 Å². The largest absolute Gasteiger partial charge is 0.325 e. The summed E-state index contributed by atoms with van der Waals surface area (Å²) >= 11 is 3.13. The second-order valence-corrected chi connectivity index (χ2v) is 9.79. The van der Waals surface area contributed by atoms with E-state index in [1.54, 1.807) is 11.3 Å². The number of carbonyl (C=O) groups is 1. The van der Waals surface area contributed by atoms with Crippen molar-refractivity contribution in [3.05, 3.63) is 47.3 Å². The number of carbonyl (C=O) groups excluding carboxylic acids is 1. The van der Waals surface area contributed by atoms with Crippen LogP contribution >= 0.6 is 23.1 Å². The Kier molecular flexibility index (Phi) is 5.88. The summed E-state index contributed by atoms with van der Waals surface area (Å²) in [4.78, 5) is 16.1. The molecule has 5 rings (SSSR count). The van der Waals surface area contributed by atoms with Gasteiger partial charge in [-0.15, -0.1) is 21.5 Å². The van der Waals surface area contributed by atoms with Gasteiger partial charge in [0.05, 0.1) is 10.6 Å². The van der Waals surface area contributed by atoms with E-state index in [1.165, 1.54) is 43.3 Å². The van der Waals surface area contributed by atoms with Gasteiger partial charge in [-0.25, -0.2) is 0 Å². The van der Waals surface area contributed by atoms with Crippen LogP contribution in [0.25, 0.3) is 10.7 Å². The average Bonchev–Trinajstić information content (AvgIpc) is 3.17. The minimum atomic E-state index is -0.0182. The number of rotatable bonds is 8. The van der Waals surface area contributed by atoms with Crippen molar-refractivity contribution in [3.8, 4) is 10.7 Å². The van der Waals surface area contributed by atoms with Crippen LogP contribution in [0.2, 0.25) is 0 Å². The molecule has 30 heavy (non-hydrogen) atoms. The first-order valence-electron chi connectivity index (χ1n) is 10.5. The van der Waals surface area contributed by atoms with Gasteiger partial charge in [-0.2, -0.15) is 0 Å². The first kappa shape index (κ1) is 19.8. The van der Waals surface area contributed by atoms with E-state index in [0.29, 0.717) is 11.8 Å². The topological polar surface area (TPSA) is 63.1 Å². The van der Waals surface area contributed by atoms with E-state index in [0.717, 1.165) is 40.9 Å². The molecule has 1 saturated heterocycles. The number of thioether (sulfide) groups is 1. The Labute approximate surface area is 184 Å². The van der Waals surface area contributed by atoms with Gasteiger partial charge in [0, 0.05) is 18.3 Å². The number of hydrogen-bond donors (Lipinski definition) is 1. The van der Waals surface area contributed by atoms with E-state index in [-0.39, 0.29) is 5.91 Å². The standard InChI is InChI=1S/C22H25N5OS2/c28-20(23-17-7-5-16(6-8-17)14-26-11-1-2-12-26)15-30-22-25-24-21(19-4-3-13-29-19)27(22)18-9-10-18/h3-8,13,18H,1-2,9-12,14-15H2,(H,23,28). The van der Waals surface area contributed by atoms with Crippen LogP contribution in [-0.4, -0.2) is 44.4 Å². The molecule has 1 N–H and O–H groups in total. The highest BCUT2D eigenvalue weighted by atomic mass is 32.2. The smallest absolute Gasteiger partial charge is 0.234 e. The molecular formula is C22H25N5OS2. The first-order chi connectivity index (χ1) is 14.8. The van der Waals surface area contributed by atoms with Crippen LogP contribution < -0.4 is 5.32 Å². The Bertz CT molecular complexity index is 989. The number of benzene rings is 1. The fourth-order valence-corrected chi connectivity index (χ4v) is 5.34. The van der Waals surface area contributed by atoms with Crippen LogP contribution in [0.15, 0.2) is 46.9 Å². The summed E-state index contributed by atoms with van der Waals surface area (Å²) in [6.07, 6.45) is 4.91. The summed E-state index contributed by atoms with van der Waals surface area (Å²) in [7, 11) is 0. The molecule has 1 saturated carbocycles. The molecule has 2 aliphatic rings. The normalized spacial score (nSPS) is 16.8. The van der Waals surface area contributed by atoms with Gasteiger partial charge in [-0.05, 0) is 67.9 Å². The van der Waals surface area contributed by atoms with Gasteiger partial charge in [-0.3, -0.25) is 14.3 Å². The molecular weight excluding hydrogens is 414 g/mol. The molecule has 3 aromatic rings. The summed E-state index contributed by atoms with van der Waals surface area (Å²) < 4.78 is 2.21. The quantitative estimate of drug-likeness (QED) is 0.517. The molecule has 1 amide bonds. The first-order valence-corrected chi connectivity index (χ1v) is 12.4. The second-order valence-electron chi connectivity index (χ2n) is 7.90. The van der Waals surface area contributed by atoms with Gasteiger partial charge >= 0.3 is 0 Å². The van der Waals surface area contributed by atoms with E-state index in [2.05, 4.69) is 48.6 Å². The van der Waals surface area contributed by atoms with Crippen molar-refractivity contribution < 1.29 is 4.79 Å². The lowest BCUT2D eigenvalue weighted by atomic mass is 10.2. The third-order valence-corrected chi connectivity index (χ3v) is 7.30. The maximum Gasteiger partial charge on any atom is 0.234 e. The Morgan fingerprint density at radius 2 is 1.93 bits per heavy atom. The minimum absolute atomic E-state index is 0.0182. The number of likely N-dealkylation sites (tertiary alicyclic amines) is 1. The van der Waals surface area contributed by atoms with Crippen molar-refractivity contribution in [2.75, 3.05) is 24.2 Å². The lowest BCUT2D eigenvalue weighted by Gasteiger charge is -2.14. The maximum absolute atomic E-state index is 12.5. The van der Waals surface area contributed by atoms with Crippen LogP contribution in [0.5, 0.6) is 0 Å². The Morgan fingerprint density at radius 1 is 1.13 bits per heavy atom. The van der Waals surface area contributed by atoms with E-state index in [9.17, 15) is 4.79 Å². The number of aromatic nitrogens is 3. The summed E-state index contributed by atoms with van der Waals surface area (Å²) in [6, 6.07) is 12.8. The van der Waals surface area contributed by atoms with Crippen molar-refractivity contribution in [2.24, 2.45) is 0 Å². The van der Waals surface area contributed by atoms with Gasteiger partial charge < -0.3 is 5.32 Å². The van der Waals surface area contributed by atoms with Gasteiger partial charge in [0.2, 0.25) is 5.91 Å². The van der Waals surface area contributed by atoms with Gasteiger partial charge in [0.1, 0.15) is 0 Å².